The summed E-state index contributed by atoms with van der Waals surface area (Å²) in [5.74, 6) is -4.85. The van der Waals surface area contributed by atoms with Gasteiger partial charge in [-0.3, -0.25) is 34.1 Å². The Morgan fingerprint density at radius 2 is 1.42 bits per heavy atom. The normalized spacial score (nSPS) is 22.9. The van der Waals surface area contributed by atoms with Crippen LogP contribution in [0.2, 0.25) is 0 Å². The molecule has 1 saturated heterocycles. The number of primary amides is 1. The number of hydrogen-bond acceptors (Lipinski definition) is 9. The molecule has 2 aromatic carbocycles. The van der Waals surface area contributed by atoms with Crippen molar-refractivity contribution in [2.24, 2.45) is 5.73 Å². The Kier molecular flexibility index (Phi) is 12.7. The lowest BCUT2D eigenvalue weighted by molar-refractivity contribution is -0.132. The van der Waals surface area contributed by atoms with E-state index in [-0.39, 0.29) is 30.1 Å². The first kappa shape index (κ1) is 34.4. The SMILES string of the molecule is C[C@@H]1NC(=O)CSC[C@@H](C(N)=O)NC(=O)[C@@H](Cc2ccccc2)NC(=O)NC(=O)CNC(=O)C(Cc2ccc(O)cc2)NC1=O. The molecule has 1 fully saturated rings. The van der Waals surface area contributed by atoms with Crippen molar-refractivity contribution in [1.29, 1.82) is 0 Å². The Labute approximate surface area is 262 Å². The topological polar surface area (TPSA) is 238 Å². The van der Waals surface area contributed by atoms with E-state index in [1.165, 1.54) is 19.1 Å². The Hall–Kier alpha value is -5.12. The lowest BCUT2D eigenvalue weighted by Gasteiger charge is -2.23. The molecule has 1 unspecified atom stereocenters. The van der Waals surface area contributed by atoms with E-state index in [1.807, 2.05) is 5.32 Å². The van der Waals surface area contributed by atoms with Gasteiger partial charge in [0.2, 0.25) is 35.4 Å². The fraction of sp³-hybridized carbons (Fsp3) is 0.345. The van der Waals surface area contributed by atoms with Crippen LogP contribution in [0.3, 0.4) is 0 Å². The summed E-state index contributed by atoms with van der Waals surface area (Å²) in [5.41, 5.74) is 6.72. The number of phenolic OH excluding ortho intramolecular Hbond substituents is 1. The van der Waals surface area contributed by atoms with Crippen LogP contribution in [0.15, 0.2) is 54.6 Å². The van der Waals surface area contributed by atoms with Crippen LogP contribution in [0.1, 0.15) is 18.1 Å². The Morgan fingerprint density at radius 1 is 0.800 bits per heavy atom. The molecule has 9 N–H and O–H groups in total. The largest absolute Gasteiger partial charge is 0.508 e. The summed E-state index contributed by atoms with van der Waals surface area (Å²) in [5, 5.41) is 23.9. The quantitative estimate of drug-likeness (QED) is 0.183. The minimum atomic E-state index is -1.23. The van der Waals surface area contributed by atoms with Crippen molar-refractivity contribution in [2.45, 2.75) is 43.9 Å². The molecule has 4 atom stereocenters. The van der Waals surface area contributed by atoms with Gasteiger partial charge < -0.3 is 37.4 Å². The molecule has 0 aromatic heterocycles. The molecule has 0 bridgehead atoms. The highest BCUT2D eigenvalue weighted by molar-refractivity contribution is 8.00. The molecule has 0 aliphatic carbocycles. The third-order valence-corrected chi connectivity index (χ3v) is 7.57. The van der Waals surface area contributed by atoms with Crippen molar-refractivity contribution >= 4 is 53.2 Å². The van der Waals surface area contributed by atoms with Crippen LogP contribution in [0.25, 0.3) is 0 Å². The molecule has 1 aliphatic rings. The number of urea groups is 1. The lowest BCUT2D eigenvalue weighted by atomic mass is 10.0. The second-order valence-corrected chi connectivity index (χ2v) is 11.2. The van der Waals surface area contributed by atoms with Crippen LogP contribution in [0, 0.1) is 0 Å². The molecule has 1 heterocycles. The predicted molar refractivity (Wildman–Crippen MR) is 163 cm³/mol. The van der Waals surface area contributed by atoms with Crippen molar-refractivity contribution in [3.63, 3.8) is 0 Å². The maximum atomic E-state index is 13.2. The monoisotopic (exact) mass is 641 g/mol. The number of thioether (sulfide) groups is 1. The number of imide groups is 1. The number of phenols is 1. The first-order valence-corrected chi connectivity index (χ1v) is 15.0. The van der Waals surface area contributed by atoms with Crippen molar-refractivity contribution in [3.8, 4) is 5.75 Å². The molecule has 15 nitrogen and oxygen atoms in total. The van der Waals surface area contributed by atoms with E-state index in [1.54, 1.807) is 42.5 Å². The smallest absolute Gasteiger partial charge is 0.322 e. The number of amides is 8. The highest BCUT2D eigenvalue weighted by Crippen LogP contribution is 2.12. The summed E-state index contributed by atoms with van der Waals surface area (Å²) in [6, 6.07) is 8.83. The zero-order chi connectivity index (χ0) is 32.9. The van der Waals surface area contributed by atoms with E-state index in [0.717, 1.165) is 11.8 Å². The summed E-state index contributed by atoms with van der Waals surface area (Å²) < 4.78 is 0. The third kappa shape index (κ3) is 11.5. The molecule has 0 spiro atoms. The summed E-state index contributed by atoms with van der Waals surface area (Å²) in [6.45, 7) is 0.752. The standard InChI is InChI=1S/C29H35N7O8S/c1-16-26(41)33-20(12-18-7-9-19(37)10-8-18)27(42)31-13-23(38)36-29(44)35-21(11-17-5-3-2-4-6-17)28(43)34-22(25(30)40)14-45-15-24(39)32-16/h2-10,16,20-22,37H,11-15H2,1H3,(H2,30,40)(H,31,42)(H,32,39)(H,33,41)(H,34,43)(H2,35,36,38,44)/t16-,20?,21+,22-/m0/s1. The van der Waals surface area contributed by atoms with Gasteiger partial charge in [-0.05, 0) is 30.2 Å². The number of hydrogen-bond donors (Lipinski definition) is 8. The van der Waals surface area contributed by atoms with Gasteiger partial charge in [-0.2, -0.15) is 0 Å². The van der Waals surface area contributed by atoms with Crippen LogP contribution < -0.4 is 37.6 Å². The van der Waals surface area contributed by atoms with Gasteiger partial charge >= 0.3 is 6.03 Å². The maximum Gasteiger partial charge on any atom is 0.322 e. The van der Waals surface area contributed by atoms with Crippen LogP contribution in [-0.4, -0.2) is 88.8 Å². The third-order valence-electron chi connectivity index (χ3n) is 6.54. The molecule has 8 amide bonds. The van der Waals surface area contributed by atoms with Gasteiger partial charge in [-0.25, -0.2) is 4.79 Å². The molecule has 2 aromatic rings. The Bertz CT molecular complexity index is 1410. The zero-order valence-electron chi connectivity index (χ0n) is 24.3. The number of benzene rings is 2. The first-order chi connectivity index (χ1) is 21.4. The summed E-state index contributed by atoms with van der Waals surface area (Å²) in [6.07, 6.45) is -0.0240. The van der Waals surface area contributed by atoms with Crippen LogP contribution in [0.4, 0.5) is 4.79 Å². The highest BCUT2D eigenvalue weighted by atomic mass is 32.2. The van der Waals surface area contributed by atoms with Gasteiger partial charge in [0, 0.05) is 18.6 Å². The van der Waals surface area contributed by atoms with E-state index in [0.29, 0.717) is 11.1 Å². The van der Waals surface area contributed by atoms with Crippen molar-refractivity contribution in [1.82, 2.24) is 31.9 Å². The van der Waals surface area contributed by atoms with E-state index < -0.39 is 72.2 Å². The van der Waals surface area contributed by atoms with Crippen molar-refractivity contribution < 1.29 is 38.7 Å². The van der Waals surface area contributed by atoms with Gasteiger partial charge in [0.05, 0.1) is 12.3 Å². The molecule has 45 heavy (non-hydrogen) atoms. The maximum absolute atomic E-state index is 13.2. The lowest BCUT2D eigenvalue weighted by Crippen LogP contribution is -2.57. The molecule has 3 rings (SSSR count). The summed E-state index contributed by atoms with van der Waals surface area (Å²) in [7, 11) is 0. The van der Waals surface area contributed by atoms with Gasteiger partial charge in [-0.15, -0.1) is 11.8 Å². The molecule has 240 valence electrons. The molecular weight excluding hydrogens is 606 g/mol. The second kappa shape index (κ2) is 16.7. The minimum Gasteiger partial charge on any atom is -0.508 e. The molecule has 16 heteroatoms. The van der Waals surface area contributed by atoms with Gasteiger partial charge in [-0.1, -0.05) is 42.5 Å². The van der Waals surface area contributed by atoms with Gasteiger partial charge in [0.25, 0.3) is 0 Å². The van der Waals surface area contributed by atoms with E-state index in [4.69, 9.17) is 5.73 Å². The fourth-order valence-corrected chi connectivity index (χ4v) is 5.04. The first-order valence-electron chi connectivity index (χ1n) is 13.9. The molecule has 0 saturated carbocycles. The molecule has 1 aliphatic heterocycles. The van der Waals surface area contributed by atoms with Crippen molar-refractivity contribution in [2.75, 3.05) is 18.1 Å². The number of carbonyl (C=O) groups excluding carboxylic acids is 7. The molecule has 0 radical (unpaired) electrons. The zero-order valence-corrected chi connectivity index (χ0v) is 25.1. The summed E-state index contributed by atoms with van der Waals surface area (Å²) in [4.78, 5) is 89.0. The van der Waals surface area contributed by atoms with Gasteiger partial charge in [0.1, 0.15) is 29.9 Å². The van der Waals surface area contributed by atoms with Crippen LogP contribution in [-0.2, 0) is 41.6 Å². The average Bonchev–Trinajstić information content (AvgIpc) is 2.99. The predicted octanol–water partition coefficient (Wildman–Crippen LogP) is -1.81. The Balaban J connectivity index is 1.82. The Morgan fingerprint density at radius 3 is 2.07 bits per heavy atom. The number of rotatable bonds is 5. The summed E-state index contributed by atoms with van der Waals surface area (Å²) >= 11 is 0.974. The van der Waals surface area contributed by atoms with E-state index >= 15 is 0 Å². The number of carbonyl (C=O) groups is 7. The van der Waals surface area contributed by atoms with Crippen molar-refractivity contribution in [3.05, 3.63) is 65.7 Å². The second-order valence-electron chi connectivity index (χ2n) is 10.2. The highest BCUT2D eigenvalue weighted by Gasteiger charge is 2.29. The fourth-order valence-electron chi connectivity index (χ4n) is 4.17. The van der Waals surface area contributed by atoms with Crippen LogP contribution in [0.5, 0.6) is 5.75 Å². The number of nitrogens with two attached hydrogens (primary N) is 1. The number of aromatic hydroxyl groups is 1. The molecular formula is C29H35N7O8S. The van der Waals surface area contributed by atoms with Crippen LogP contribution >= 0.6 is 11.8 Å². The minimum absolute atomic E-state index is 0.00163. The van der Waals surface area contributed by atoms with E-state index in [9.17, 15) is 38.7 Å². The average molecular weight is 642 g/mol. The number of nitrogens with one attached hydrogen (secondary N) is 6. The van der Waals surface area contributed by atoms with Gasteiger partial charge in [0.15, 0.2) is 0 Å². The van der Waals surface area contributed by atoms with E-state index in [2.05, 4.69) is 26.6 Å².